The third kappa shape index (κ3) is 9.52. The van der Waals surface area contributed by atoms with Gasteiger partial charge in [-0.05, 0) is 83.4 Å². The van der Waals surface area contributed by atoms with E-state index in [1.165, 1.54) is 28.4 Å². The predicted octanol–water partition coefficient (Wildman–Crippen LogP) is 6.37. The van der Waals surface area contributed by atoms with Crippen molar-refractivity contribution in [3.63, 3.8) is 0 Å². The van der Waals surface area contributed by atoms with Crippen molar-refractivity contribution in [2.45, 2.75) is 71.6 Å². The van der Waals surface area contributed by atoms with Gasteiger partial charge in [-0.2, -0.15) is 0 Å². The van der Waals surface area contributed by atoms with Crippen LogP contribution in [0.3, 0.4) is 0 Å². The molecule has 12 heteroatoms. The zero-order valence-electron chi connectivity index (χ0n) is 30.4. The van der Waals surface area contributed by atoms with Gasteiger partial charge < -0.3 is 43.2 Å². The molecule has 12 nitrogen and oxygen atoms in total. The van der Waals surface area contributed by atoms with Crippen LogP contribution in [0.25, 0.3) is 0 Å². The first kappa shape index (κ1) is 37.7. The van der Waals surface area contributed by atoms with Crippen molar-refractivity contribution in [1.29, 1.82) is 0 Å². The number of ketones is 1. The van der Waals surface area contributed by atoms with Crippen LogP contribution in [-0.2, 0) is 22.4 Å². The lowest BCUT2D eigenvalue weighted by Crippen LogP contribution is -2.46. The molecule has 0 radical (unpaired) electrons. The van der Waals surface area contributed by atoms with E-state index in [2.05, 4.69) is 5.32 Å². The molecule has 1 aliphatic heterocycles. The number of fused-ring (bicyclic) bond motifs is 1. The number of hydrogen-bond acceptors (Lipinski definition) is 11. The molecule has 1 N–H and O–H groups in total. The van der Waals surface area contributed by atoms with Crippen molar-refractivity contribution in [3.8, 4) is 40.2 Å². The van der Waals surface area contributed by atoms with Gasteiger partial charge in [0.2, 0.25) is 5.75 Å². The molecule has 0 aromatic heterocycles. The summed E-state index contributed by atoms with van der Waals surface area (Å²) in [5, 5.41) is 2.66. The fourth-order valence-corrected chi connectivity index (χ4v) is 5.42. The lowest BCUT2D eigenvalue weighted by molar-refractivity contribution is -0.136. The molecule has 0 aliphatic carbocycles. The largest absolute Gasteiger partial charge is 0.493 e. The van der Waals surface area contributed by atoms with Gasteiger partial charge in [0, 0.05) is 12.5 Å². The highest BCUT2D eigenvalue weighted by atomic mass is 16.6. The predicted molar refractivity (Wildman–Crippen MR) is 185 cm³/mol. The molecular weight excluding hydrogens is 646 g/mol. The molecule has 50 heavy (non-hydrogen) atoms. The molecule has 270 valence electrons. The maximum atomic E-state index is 13.8. The number of nitrogens with one attached hydrogen (secondary N) is 1. The number of carbonyl (C=O) groups is 3. The number of carbonyl (C=O) groups excluding carboxylic acids is 3. The minimum Gasteiger partial charge on any atom is -0.493 e. The van der Waals surface area contributed by atoms with E-state index in [9.17, 15) is 14.4 Å². The average Bonchev–Trinajstić information content (AvgIpc) is 3.04. The minimum atomic E-state index is -1.11. The third-order valence-electron chi connectivity index (χ3n) is 7.53. The molecule has 1 unspecified atom stereocenters. The summed E-state index contributed by atoms with van der Waals surface area (Å²) in [6.07, 6.45) is -0.403. The van der Waals surface area contributed by atoms with Crippen LogP contribution in [-0.4, -0.2) is 70.1 Å². The van der Waals surface area contributed by atoms with Crippen LogP contribution >= 0.6 is 0 Å². The summed E-state index contributed by atoms with van der Waals surface area (Å²) in [6.45, 7) is 11.1. The van der Waals surface area contributed by atoms with Gasteiger partial charge >= 0.3 is 12.1 Å². The molecule has 3 aromatic carbocycles. The van der Waals surface area contributed by atoms with Crippen LogP contribution in [0.2, 0.25) is 0 Å². The lowest BCUT2D eigenvalue weighted by atomic mass is 9.88. The second kappa shape index (κ2) is 15.6. The van der Waals surface area contributed by atoms with E-state index in [0.717, 1.165) is 5.56 Å². The molecule has 0 fully saturated rings. The van der Waals surface area contributed by atoms with E-state index >= 15 is 0 Å². The summed E-state index contributed by atoms with van der Waals surface area (Å²) in [4.78, 5) is 40.3. The van der Waals surface area contributed by atoms with Gasteiger partial charge in [-0.25, -0.2) is 9.59 Å². The van der Waals surface area contributed by atoms with E-state index in [4.69, 9.17) is 37.9 Å². The average molecular weight is 694 g/mol. The van der Waals surface area contributed by atoms with Crippen LogP contribution in [0, 0.1) is 5.92 Å². The Labute approximate surface area is 293 Å². The summed E-state index contributed by atoms with van der Waals surface area (Å²) in [5.74, 6) is 0.784. The zero-order chi connectivity index (χ0) is 36.8. The lowest BCUT2D eigenvalue weighted by Gasteiger charge is -2.27. The summed E-state index contributed by atoms with van der Waals surface area (Å²) in [6, 6.07) is 12.8. The number of amides is 1. The summed E-state index contributed by atoms with van der Waals surface area (Å²) < 4.78 is 45.1. The van der Waals surface area contributed by atoms with Crippen molar-refractivity contribution in [3.05, 3.63) is 65.2 Å². The zero-order valence-corrected chi connectivity index (χ0v) is 30.4. The number of ether oxygens (including phenoxy) is 8. The van der Waals surface area contributed by atoms with E-state index in [0.29, 0.717) is 22.8 Å². The first-order valence-electron chi connectivity index (χ1n) is 16.2. The van der Waals surface area contributed by atoms with Crippen molar-refractivity contribution in [2.75, 3.05) is 35.0 Å². The van der Waals surface area contributed by atoms with Gasteiger partial charge in [0.25, 0.3) is 0 Å². The number of benzene rings is 3. The quantitative estimate of drug-likeness (QED) is 0.167. The highest BCUT2D eigenvalue weighted by Crippen LogP contribution is 2.47. The van der Waals surface area contributed by atoms with Crippen LogP contribution < -0.4 is 38.5 Å². The Morgan fingerprint density at radius 3 is 2.02 bits per heavy atom. The van der Waals surface area contributed by atoms with Gasteiger partial charge in [0.15, 0.2) is 28.8 Å². The maximum absolute atomic E-state index is 13.8. The van der Waals surface area contributed by atoms with Crippen LogP contribution in [0.5, 0.6) is 40.2 Å². The van der Waals surface area contributed by atoms with E-state index in [-0.39, 0.29) is 59.4 Å². The van der Waals surface area contributed by atoms with Crippen molar-refractivity contribution < 1.29 is 52.3 Å². The highest BCUT2D eigenvalue weighted by molar-refractivity contribution is 6.05. The van der Waals surface area contributed by atoms with E-state index in [1.54, 1.807) is 57.2 Å². The third-order valence-corrected chi connectivity index (χ3v) is 7.53. The Kier molecular flexibility index (Phi) is 11.8. The second-order valence-corrected chi connectivity index (χ2v) is 13.8. The van der Waals surface area contributed by atoms with E-state index < -0.39 is 29.6 Å². The monoisotopic (exact) mass is 693 g/mol. The van der Waals surface area contributed by atoms with Gasteiger partial charge in [-0.3, -0.25) is 4.79 Å². The smallest absolute Gasteiger partial charge is 0.408 e. The van der Waals surface area contributed by atoms with Crippen molar-refractivity contribution >= 4 is 17.8 Å². The maximum Gasteiger partial charge on any atom is 0.408 e. The number of esters is 1. The molecule has 1 amide bonds. The molecule has 1 heterocycles. The van der Waals surface area contributed by atoms with Gasteiger partial charge in [0.05, 0.1) is 41.0 Å². The standard InChI is InChI=1S/C38H47NO11/c1-37(2,3)49-25-14-11-22(12-15-25)18-26(39-36(42)50-38(4,5)6)35(41)48-28-19-23(13-16-27(28)43-7)17-24-21-47-29-20-30(44-8)33(45-9)34(46-10)31(29)32(24)40/h11-16,19-20,24,26H,17-18,21H2,1-10H3,(H,39,42)/t24?,26-/m0/s1. The molecule has 2 atom stereocenters. The Balaban J connectivity index is 1.57. The first-order valence-corrected chi connectivity index (χ1v) is 16.2. The number of Topliss-reactive ketones (excluding diaryl/α,β-unsaturated/α-hetero) is 1. The number of rotatable bonds is 12. The summed E-state index contributed by atoms with van der Waals surface area (Å²) >= 11 is 0. The second-order valence-electron chi connectivity index (χ2n) is 13.8. The number of alkyl carbamates (subject to hydrolysis) is 1. The molecule has 0 spiro atoms. The molecule has 0 saturated heterocycles. The molecular formula is C38H47NO11. The molecule has 0 bridgehead atoms. The van der Waals surface area contributed by atoms with Gasteiger partial charge in [-0.15, -0.1) is 0 Å². The fraction of sp³-hybridized carbons (Fsp3) is 0.447. The molecule has 4 rings (SSSR count). The van der Waals surface area contributed by atoms with E-state index in [1.807, 2.05) is 32.9 Å². The molecule has 3 aromatic rings. The van der Waals surface area contributed by atoms with Crippen molar-refractivity contribution in [2.24, 2.45) is 5.92 Å². The van der Waals surface area contributed by atoms with Gasteiger partial charge in [0.1, 0.15) is 34.3 Å². The molecule has 0 saturated carbocycles. The Morgan fingerprint density at radius 2 is 1.44 bits per heavy atom. The Bertz CT molecular complexity index is 1690. The van der Waals surface area contributed by atoms with Crippen molar-refractivity contribution in [1.82, 2.24) is 5.32 Å². The van der Waals surface area contributed by atoms with Gasteiger partial charge in [-0.1, -0.05) is 18.2 Å². The first-order chi connectivity index (χ1) is 23.5. The van der Waals surface area contributed by atoms with Crippen LogP contribution in [0.1, 0.15) is 63.0 Å². The van der Waals surface area contributed by atoms with Crippen LogP contribution in [0.4, 0.5) is 4.79 Å². The number of hydrogen-bond donors (Lipinski definition) is 1. The number of methoxy groups -OCH3 is 4. The normalized spacial score (nSPS) is 14.8. The summed E-state index contributed by atoms with van der Waals surface area (Å²) in [7, 11) is 5.85. The topological polar surface area (TPSA) is 137 Å². The van der Waals surface area contributed by atoms with Crippen LogP contribution in [0.15, 0.2) is 48.5 Å². The Morgan fingerprint density at radius 1 is 0.800 bits per heavy atom. The fourth-order valence-electron chi connectivity index (χ4n) is 5.42. The summed E-state index contributed by atoms with van der Waals surface area (Å²) in [5.41, 5.74) is 0.533. The molecule has 1 aliphatic rings. The highest BCUT2D eigenvalue weighted by Gasteiger charge is 2.36. The SMILES string of the molecule is COc1ccc(CC2COc3cc(OC)c(OC)c(OC)c3C2=O)cc1OC(=O)[C@H](Cc1ccc(OC(C)(C)C)cc1)NC(=O)OC(C)(C)C. The Hall–Kier alpha value is -5.13. The minimum absolute atomic E-state index is 0.104.